The third kappa shape index (κ3) is 2.83. The van der Waals surface area contributed by atoms with E-state index in [4.69, 9.17) is 21.4 Å². The fourth-order valence-corrected chi connectivity index (χ4v) is 3.97. The number of nitrogens with zero attached hydrogens (tertiary/aromatic N) is 2. The SMILES string of the molecule is Fc1ccc(C2=NN3[C@H](C2)c2ccccc2O[C@H]3c2cc(F)ccc2Cl)cc1. The van der Waals surface area contributed by atoms with Gasteiger partial charge in [0.2, 0.25) is 6.23 Å². The first-order valence-corrected chi connectivity index (χ1v) is 9.30. The highest BCUT2D eigenvalue weighted by molar-refractivity contribution is 6.31. The third-order valence-electron chi connectivity index (χ3n) is 5.10. The molecule has 28 heavy (non-hydrogen) atoms. The van der Waals surface area contributed by atoms with Crippen LogP contribution in [-0.4, -0.2) is 10.7 Å². The molecule has 3 aromatic rings. The zero-order chi connectivity index (χ0) is 19.3. The van der Waals surface area contributed by atoms with Gasteiger partial charge in [-0.15, -0.1) is 0 Å². The van der Waals surface area contributed by atoms with E-state index in [9.17, 15) is 8.78 Å². The van der Waals surface area contributed by atoms with E-state index in [0.717, 1.165) is 22.6 Å². The van der Waals surface area contributed by atoms with Crippen molar-refractivity contribution in [3.8, 4) is 5.75 Å². The van der Waals surface area contributed by atoms with Crippen molar-refractivity contribution in [2.45, 2.75) is 18.7 Å². The molecule has 0 amide bonds. The second kappa shape index (κ2) is 6.60. The molecule has 0 N–H and O–H groups in total. The summed E-state index contributed by atoms with van der Waals surface area (Å²) in [6.07, 6.45) is -0.0174. The van der Waals surface area contributed by atoms with E-state index in [1.807, 2.05) is 29.3 Å². The van der Waals surface area contributed by atoms with Gasteiger partial charge in [-0.2, -0.15) is 5.10 Å². The van der Waals surface area contributed by atoms with Gasteiger partial charge >= 0.3 is 0 Å². The van der Waals surface area contributed by atoms with Crippen molar-refractivity contribution in [3.63, 3.8) is 0 Å². The Hall–Kier alpha value is -2.92. The predicted molar refractivity (Wildman–Crippen MR) is 103 cm³/mol. The first-order chi connectivity index (χ1) is 13.6. The fourth-order valence-electron chi connectivity index (χ4n) is 3.76. The van der Waals surface area contributed by atoms with Crippen molar-refractivity contribution in [3.05, 3.63) is 100 Å². The minimum absolute atomic E-state index is 0.0747. The van der Waals surface area contributed by atoms with Crippen LogP contribution in [0, 0.1) is 11.6 Å². The molecule has 2 atom stereocenters. The molecule has 0 aromatic heterocycles. The minimum Gasteiger partial charge on any atom is -0.464 e. The molecule has 0 bridgehead atoms. The summed E-state index contributed by atoms with van der Waals surface area (Å²) in [5, 5.41) is 6.99. The van der Waals surface area contributed by atoms with Crippen LogP contribution in [0.4, 0.5) is 8.78 Å². The lowest BCUT2D eigenvalue weighted by atomic mass is 9.96. The number of hydrazone groups is 1. The molecule has 0 saturated carbocycles. The van der Waals surface area contributed by atoms with E-state index in [1.54, 1.807) is 12.1 Å². The Kier molecular flexibility index (Phi) is 4.05. The lowest BCUT2D eigenvalue weighted by molar-refractivity contribution is -0.0191. The average molecular weight is 397 g/mol. The summed E-state index contributed by atoms with van der Waals surface area (Å²) in [6, 6.07) is 18.1. The number of halogens is 3. The van der Waals surface area contributed by atoms with E-state index in [1.165, 1.54) is 30.3 Å². The van der Waals surface area contributed by atoms with Crippen LogP contribution in [0.1, 0.15) is 35.4 Å². The summed E-state index contributed by atoms with van der Waals surface area (Å²) in [5.41, 5.74) is 3.19. The van der Waals surface area contributed by atoms with Crippen LogP contribution in [0.15, 0.2) is 71.8 Å². The van der Waals surface area contributed by atoms with Gasteiger partial charge in [0.25, 0.3) is 0 Å². The molecule has 0 radical (unpaired) electrons. The lowest BCUT2D eigenvalue weighted by Crippen LogP contribution is -2.33. The van der Waals surface area contributed by atoms with Crippen LogP contribution < -0.4 is 4.74 Å². The van der Waals surface area contributed by atoms with Crippen LogP contribution in [0.5, 0.6) is 5.75 Å². The summed E-state index contributed by atoms with van der Waals surface area (Å²) in [6.45, 7) is 0. The highest BCUT2D eigenvalue weighted by atomic mass is 35.5. The largest absolute Gasteiger partial charge is 0.464 e. The van der Waals surface area contributed by atoms with E-state index in [0.29, 0.717) is 17.0 Å². The number of rotatable bonds is 2. The maximum absolute atomic E-state index is 13.9. The van der Waals surface area contributed by atoms with Gasteiger partial charge in [0.1, 0.15) is 17.4 Å². The van der Waals surface area contributed by atoms with Gasteiger partial charge in [-0.25, -0.2) is 13.8 Å². The topological polar surface area (TPSA) is 24.8 Å². The molecular formula is C22H15ClF2N2O. The van der Waals surface area contributed by atoms with Crippen molar-refractivity contribution < 1.29 is 13.5 Å². The molecule has 2 heterocycles. The Morgan fingerprint density at radius 3 is 2.50 bits per heavy atom. The van der Waals surface area contributed by atoms with Crippen molar-refractivity contribution in [2.24, 2.45) is 5.10 Å². The summed E-state index contributed by atoms with van der Waals surface area (Å²) in [7, 11) is 0. The summed E-state index contributed by atoms with van der Waals surface area (Å²) >= 11 is 6.35. The van der Waals surface area contributed by atoms with E-state index < -0.39 is 6.23 Å². The Bertz CT molecular complexity index is 1080. The average Bonchev–Trinajstić information content (AvgIpc) is 3.15. The van der Waals surface area contributed by atoms with Gasteiger partial charge in [0.15, 0.2) is 0 Å². The number of para-hydroxylation sites is 1. The van der Waals surface area contributed by atoms with Crippen LogP contribution in [0.25, 0.3) is 0 Å². The maximum atomic E-state index is 13.9. The van der Waals surface area contributed by atoms with Crippen LogP contribution in [0.3, 0.4) is 0 Å². The van der Waals surface area contributed by atoms with Crippen molar-refractivity contribution in [2.75, 3.05) is 0 Å². The Morgan fingerprint density at radius 1 is 0.929 bits per heavy atom. The standard InChI is InChI=1S/C22H15ClF2N2O/c23-18-10-9-15(25)11-17(18)22-27-20(16-3-1-2-4-21(16)28-22)12-19(26-27)13-5-7-14(24)8-6-13/h1-11,20,22H,12H2/t20-,22+/m1/s1. The third-order valence-corrected chi connectivity index (χ3v) is 5.44. The molecular weight excluding hydrogens is 382 g/mol. The number of hydrogen-bond acceptors (Lipinski definition) is 3. The van der Waals surface area contributed by atoms with Gasteiger partial charge < -0.3 is 4.74 Å². The molecule has 0 fully saturated rings. The molecule has 3 nitrogen and oxygen atoms in total. The van der Waals surface area contributed by atoms with Crippen LogP contribution in [-0.2, 0) is 0 Å². The molecule has 0 unspecified atom stereocenters. The minimum atomic E-state index is -0.652. The van der Waals surface area contributed by atoms with Crippen molar-refractivity contribution in [1.29, 1.82) is 0 Å². The van der Waals surface area contributed by atoms with Gasteiger partial charge in [0.05, 0.1) is 11.8 Å². The number of benzene rings is 3. The van der Waals surface area contributed by atoms with Gasteiger partial charge in [-0.3, -0.25) is 0 Å². The van der Waals surface area contributed by atoms with Gasteiger partial charge in [0, 0.05) is 22.6 Å². The van der Waals surface area contributed by atoms with Gasteiger partial charge in [-0.05, 0) is 42.0 Å². The molecule has 0 aliphatic carbocycles. The Balaban J connectivity index is 1.62. The first-order valence-electron chi connectivity index (χ1n) is 8.92. The molecule has 0 spiro atoms. The fraction of sp³-hybridized carbons (Fsp3) is 0.136. The molecule has 3 aromatic carbocycles. The number of fused-ring (bicyclic) bond motifs is 3. The van der Waals surface area contributed by atoms with Crippen molar-refractivity contribution in [1.82, 2.24) is 5.01 Å². The van der Waals surface area contributed by atoms with Crippen LogP contribution >= 0.6 is 11.6 Å². The lowest BCUT2D eigenvalue weighted by Gasteiger charge is -2.38. The summed E-state index contributed by atoms with van der Waals surface area (Å²) in [5.74, 6) is 0.0446. The maximum Gasteiger partial charge on any atom is 0.215 e. The van der Waals surface area contributed by atoms with E-state index in [-0.39, 0.29) is 17.7 Å². The summed E-state index contributed by atoms with van der Waals surface area (Å²) < 4.78 is 33.4. The molecule has 5 rings (SSSR count). The van der Waals surface area contributed by atoms with Gasteiger partial charge in [-0.1, -0.05) is 41.9 Å². The first kappa shape index (κ1) is 17.2. The molecule has 2 aliphatic heterocycles. The highest BCUT2D eigenvalue weighted by Gasteiger charge is 2.41. The summed E-state index contributed by atoms with van der Waals surface area (Å²) in [4.78, 5) is 0. The highest BCUT2D eigenvalue weighted by Crippen LogP contribution is 2.48. The predicted octanol–water partition coefficient (Wildman–Crippen LogP) is 5.86. The molecule has 140 valence electrons. The molecule has 0 saturated heterocycles. The van der Waals surface area contributed by atoms with Crippen LogP contribution in [0.2, 0.25) is 5.02 Å². The second-order valence-corrected chi connectivity index (χ2v) is 7.23. The quantitative estimate of drug-likeness (QED) is 0.542. The second-order valence-electron chi connectivity index (χ2n) is 6.83. The zero-order valence-electron chi connectivity index (χ0n) is 14.6. The number of hydrogen-bond donors (Lipinski definition) is 0. The normalized spacial score (nSPS) is 20.2. The smallest absolute Gasteiger partial charge is 0.215 e. The monoisotopic (exact) mass is 396 g/mol. The van der Waals surface area contributed by atoms with E-state index in [2.05, 4.69) is 0 Å². The van der Waals surface area contributed by atoms with Crippen molar-refractivity contribution >= 4 is 17.3 Å². The number of ether oxygens (including phenoxy) is 1. The zero-order valence-corrected chi connectivity index (χ0v) is 15.4. The Labute approximate surface area is 165 Å². The Morgan fingerprint density at radius 2 is 1.68 bits per heavy atom. The molecule has 2 aliphatic rings. The van der Waals surface area contributed by atoms with E-state index >= 15 is 0 Å². The molecule has 6 heteroatoms.